The van der Waals surface area contributed by atoms with Crippen LogP contribution in [-0.2, 0) is 40.0 Å². The van der Waals surface area contributed by atoms with Gasteiger partial charge in [-0.25, -0.2) is 10.5 Å². The van der Waals surface area contributed by atoms with E-state index in [2.05, 4.69) is 42.6 Å². The average Bonchev–Trinajstić information content (AvgIpc) is 2.69. The van der Waals surface area contributed by atoms with E-state index in [1.54, 1.807) is 0 Å². The van der Waals surface area contributed by atoms with E-state index in [1.807, 2.05) is 19.0 Å². The number of carboxylic acid groups (broad SMARTS) is 2. The summed E-state index contributed by atoms with van der Waals surface area (Å²) in [4.78, 5) is 22.9. The van der Waals surface area contributed by atoms with Crippen LogP contribution in [0.4, 0.5) is 0 Å². The van der Waals surface area contributed by atoms with Crippen LogP contribution in [0.25, 0.3) is 5.73 Å². The predicted octanol–water partition coefficient (Wildman–Crippen LogP) is 4.62. The minimum absolute atomic E-state index is 0. The minimum atomic E-state index is -1.05. The van der Waals surface area contributed by atoms with Crippen molar-refractivity contribution in [3.63, 3.8) is 0 Å². The van der Waals surface area contributed by atoms with Crippen molar-refractivity contribution in [3.8, 4) is 0 Å². The van der Waals surface area contributed by atoms with Crippen LogP contribution >= 0.6 is 9.03 Å². The van der Waals surface area contributed by atoms with Gasteiger partial charge in [0.25, 0.3) is 0 Å². The fraction of sp³-hybridized carbons (Fsp3) is 0.611. The molecular weight excluding hydrogens is 598 g/mol. The maximum absolute atomic E-state index is 10.6. The second-order valence-corrected chi connectivity index (χ2v) is 5.69. The molecule has 30 heavy (non-hydrogen) atoms. The third-order valence-corrected chi connectivity index (χ3v) is 2.83. The molecule has 0 saturated heterocycles. The molecule has 0 amide bonds. The first-order chi connectivity index (χ1) is 13.8. The fourth-order valence-corrected chi connectivity index (χ4v) is 1.53. The molecule has 0 rings (SSSR count). The molecule has 0 radical (unpaired) electrons. The molecule has 10 nitrogen and oxygen atoms in total. The van der Waals surface area contributed by atoms with Gasteiger partial charge in [-0.3, -0.25) is 9.59 Å². The zero-order valence-electron chi connectivity index (χ0n) is 18.0. The Morgan fingerprint density at radius 3 is 1.73 bits per heavy atom. The van der Waals surface area contributed by atoms with E-state index in [-0.39, 0.29) is 27.5 Å². The normalized spacial score (nSPS) is 9.43. The van der Waals surface area contributed by atoms with Crippen LogP contribution in [-0.4, -0.2) is 64.8 Å². The van der Waals surface area contributed by atoms with Crippen molar-refractivity contribution in [2.75, 3.05) is 27.2 Å². The maximum atomic E-state index is 10.6. The summed E-state index contributed by atoms with van der Waals surface area (Å²) in [5, 5.41) is 31.8. The van der Waals surface area contributed by atoms with E-state index in [9.17, 15) is 9.59 Å². The molecule has 0 fully saturated rings. The van der Waals surface area contributed by atoms with Gasteiger partial charge in [0.1, 0.15) is 0 Å². The Morgan fingerprint density at radius 1 is 1.07 bits per heavy atom. The van der Waals surface area contributed by atoms with Crippen LogP contribution < -0.4 is 0 Å². The van der Waals surface area contributed by atoms with Crippen molar-refractivity contribution >= 4 is 21.0 Å². The molecule has 0 aliphatic carbocycles. The van der Waals surface area contributed by atoms with Crippen molar-refractivity contribution in [2.24, 2.45) is 5.92 Å². The van der Waals surface area contributed by atoms with Crippen LogP contribution in [0.1, 0.15) is 38.5 Å². The van der Waals surface area contributed by atoms with Crippen LogP contribution in [0.15, 0.2) is 26.3 Å². The zero-order valence-corrected chi connectivity index (χ0v) is 21.2. The van der Waals surface area contributed by atoms with Crippen molar-refractivity contribution in [1.29, 1.82) is 0 Å². The fourth-order valence-electron chi connectivity index (χ4n) is 1.50. The van der Waals surface area contributed by atoms with Crippen LogP contribution in [0.5, 0.6) is 0 Å². The van der Waals surface area contributed by atoms with Crippen LogP contribution in [0, 0.1) is 12.8 Å². The molecule has 0 spiro atoms. The molecule has 12 heteroatoms. The van der Waals surface area contributed by atoms with Gasteiger partial charge in [-0.15, -0.1) is 26.3 Å². The largest absolute Gasteiger partial charge is 2.00 e. The van der Waals surface area contributed by atoms with E-state index in [0.29, 0.717) is 19.4 Å². The molecular formula is C18H39N2O8PPt. The summed E-state index contributed by atoms with van der Waals surface area (Å²) < 4.78 is 6.49. The van der Waals surface area contributed by atoms with Gasteiger partial charge < -0.3 is 27.8 Å². The Labute approximate surface area is 197 Å². The second kappa shape index (κ2) is 42.4. The Hall–Kier alpha value is -0.702. The van der Waals surface area contributed by atoms with Crippen molar-refractivity contribution in [1.82, 2.24) is 4.90 Å². The molecule has 1 unspecified atom stereocenters. The number of nitrogens with one attached hydrogen (secondary N) is 1. The first kappa shape index (κ1) is 43.2. The Kier molecular flexibility index (Phi) is 61.1. The third kappa shape index (κ3) is 56.4. The van der Waals surface area contributed by atoms with Gasteiger partial charge in [-0.2, -0.15) is 22.3 Å². The Bertz CT molecular complexity index is 335. The van der Waals surface area contributed by atoms with Crippen molar-refractivity contribution in [2.45, 2.75) is 38.5 Å². The van der Waals surface area contributed by atoms with Gasteiger partial charge in [0.15, 0.2) is 0 Å². The number of rotatable bonds is 12. The van der Waals surface area contributed by atoms with Gasteiger partial charge >= 0.3 is 33.0 Å². The summed E-state index contributed by atoms with van der Waals surface area (Å²) in [6.07, 6.45) is 3.95. The Morgan fingerprint density at radius 2 is 1.53 bits per heavy atom. The predicted molar refractivity (Wildman–Crippen MR) is 118 cm³/mol. The number of carboxylic acids is 2. The number of carbonyl (C=O) groups is 2. The summed E-state index contributed by atoms with van der Waals surface area (Å²) in [7, 11) is 3.10. The maximum Gasteiger partial charge on any atom is 2.00 e. The van der Waals surface area contributed by atoms with Crippen LogP contribution in [0.3, 0.4) is 0 Å². The van der Waals surface area contributed by atoms with Crippen molar-refractivity contribution < 1.29 is 60.7 Å². The van der Waals surface area contributed by atoms with E-state index in [1.165, 1.54) is 0 Å². The molecule has 0 aromatic heterocycles. The number of hydrogen-bond acceptors (Lipinski definition) is 7. The molecule has 5 N–H and O–H groups in total. The second-order valence-electron chi connectivity index (χ2n) is 5.16. The summed E-state index contributed by atoms with van der Waals surface area (Å²) in [6.45, 7) is 17.0. The van der Waals surface area contributed by atoms with E-state index < -0.39 is 26.9 Å². The molecule has 0 aliphatic rings. The van der Waals surface area contributed by atoms with Gasteiger partial charge in [-0.1, -0.05) is 12.8 Å². The topological polar surface area (TPSA) is 161 Å². The molecule has 0 saturated carbocycles. The zero-order chi connectivity index (χ0) is 24.1. The van der Waals surface area contributed by atoms with E-state index in [4.69, 9.17) is 26.5 Å². The van der Waals surface area contributed by atoms with Gasteiger partial charge in [0.2, 0.25) is 9.03 Å². The third-order valence-electron chi connectivity index (χ3n) is 2.68. The number of unbranched alkanes of at least 4 members (excludes halogenated alkanes) is 2. The van der Waals surface area contributed by atoms with E-state index >= 15 is 0 Å². The van der Waals surface area contributed by atoms with Crippen LogP contribution in [0.2, 0.25) is 0 Å². The molecule has 1 atom stereocenters. The SMILES string of the molecule is C=C.C=C.CN(C)CCCC(CC(=O)O)C(=O)O.OOPOO.[CH2-]CCCC[NH-].[Pt+2]. The monoisotopic (exact) mass is 637 g/mol. The van der Waals surface area contributed by atoms with Gasteiger partial charge in [0, 0.05) is 0 Å². The standard InChI is InChI=1S/C9H17NO4.C5H11N.2C2H4.H3O4P.Pt/c1-10(2)5-3-4-7(9(13)14)6-8(11)12;1-2-3-4-5-6;2*1-2;1-3-5-4-2;/h7H,3-6H2,1-2H3,(H,11,12)(H,13,14);6H,1-5H2;2*1-2H2;1-2,5H;/q;-2;;;;+2. The first-order valence-corrected chi connectivity index (χ1v) is 9.47. The molecule has 0 aliphatic heterocycles. The van der Waals surface area contributed by atoms with Gasteiger partial charge in [0.05, 0.1) is 12.3 Å². The summed E-state index contributed by atoms with van der Waals surface area (Å²) in [5.74, 6) is -2.83. The quantitative estimate of drug-likeness (QED) is 0.0598. The van der Waals surface area contributed by atoms with Crippen molar-refractivity contribution in [3.05, 3.63) is 39.0 Å². The molecule has 0 bridgehead atoms. The molecule has 0 heterocycles. The summed E-state index contributed by atoms with van der Waals surface area (Å²) in [6, 6.07) is 0. The number of hydrogen-bond donors (Lipinski definition) is 4. The average molecular weight is 638 g/mol. The first-order valence-electron chi connectivity index (χ1n) is 8.65. The molecule has 184 valence electrons. The minimum Gasteiger partial charge on any atom is -0.677 e. The molecule has 0 aromatic rings. The van der Waals surface area contributed by atoms with Gasteiger partial charge in [-0.05, 0) is 33.5 Å². The summed E-state index contributed by atoms with van der Waals surface area (Å²) in [5.41, 5.74) is 6.68. The number of nitrogens with zero attached hydrogens (tertiary/aromatic N) is 1. The smallest absolute Gasteiger partial charge is 0.677 e. The molecule has 0 aromatic carbocycles. The number of aliphatic carboxylic acids is 2. The summed E-state index contributed by atoms with van der Waals surface area (Å²) >= 11 is 0. The van der Waals surface area contributed by atoms with E-state index in [0.717, 1.165) is 25.8 Å². The Balaban J connectivity index is -0.0000000751.